The maximum Gasteiger partial charge on any atom is 0.278 e. The minimum atomic E-state index is -1.01. The van der Waals surface area contributed by atoms with E-state index in [9.17, 15) is 19.1 Å². The van der Waals surface area contributed by atoms with E-state index in [4.69, 9.17) is 4.74 Å². The largest absolute Gasteiger partial charge is 0.502 e. The topological polar surface area (TPSA) is 75.0 Å². The summed E-state index contributed by atoms with van der Waals surface area (Å²) >= 11 is 1.37. The molecule has 7 nitrogen and oxygen atoms in total. The van der Waals surface area contributed by atoms with E-state index in [0.717, 1.165) is 16.5 Å². The van der Waals surface area contributed by atoms with Crippen molar-refractivity contribution < 1.29 is 23.4 Å². The van der Waals surface area contributed by atoms with Crippen molar-refractivity contribution in [2.75, 3.05) is 18.3 Å². The Balaban J connectivity index is 1.85. The standard InChI is InChI=1S/C27H25F2N3O4S/c1-4-15(3)30-14-32(31-11-10-19(33)26(34)25(31)27(30)35)24-16-8-6-7-9-21(16)37-13-17-22(24)20(36-5-2)12-18(28)23(17)29/h4,6-12,15,24,34H,1,5,13-14H2,2-3H3/t15-,24+/m0/s1. The van der Waals surface area contributed by atoms with Crippen LogP contribution in [-0.4, -0.2) is 39.9 Å². The summed E-state index contributed by atoms with van der Waals surface area (Å²) in [5, 5.41) is 12.4. The number of benzene rings is 2. The van der Waals surface area contributed by atoms with Gasteiger partial charge < -0.3 is 14.7 Å². The summed E-state index contributed by atoms with van der Waals surface area (Å²) in [7, 11) is 0. The monoisotopic (exact) mass is 525 g/mol. The van der Waals surface area contributed by atoms with Crippen molar-refractivity contribution in [2.45, 2.75) is 36.6 Å². The summed E-state index contributed by atoms with van der Waals surface area (Å²) in [6, 6.07) is 8.50. The molecule has 2 aliphatic rings. The van der Waals surface area contributed by atoms with Crippen molar-refractivity contribution in [2.24, 2.45) is 0 Å². The Labute approximate surface area is 216 Å². The van der Waals surface area contributed by atoms with Gasteiger partial charge in [-0.1, -0.05) is 24.3 Å². The Hall–Kier alpha value is -3.79. The Morgan fingerprint density at radius 2 is 2.03 bits per heavy atom. The van der Waals surface area contributed by atoms with Crippen LogP contribution in [0.1, 0.15) is 47.1 Å². The fourth-order valence-corrected chi connectivity index (χ4v) is 5.94. The van der Waals surface area contributed by atoms with Crippen LogP contribution in [-0.2, 0) is 5.75 Å². The number of hydrogen-bond acceptors (Lipinski definition) is 6. The van der Waals surface area contributed by atoms with Gasteiger partial charge >= 0.3 is 0 Å². The minimum Gasteiger partial charge on any atom is -0.502 e. The van der Waals surface area contributed by atoms with E-state index in [1.54, 1.807) is 24.9 Å². The Bertz CT molecular complexity index is 1470. The van der Waals surface area contributed by atoms with Gasteiger partial charge in [0.1, 0.15) is 18.5 Å². The first-order valence-electron chi connectivity index (χ1n) is 11.8. The summed E-state index contributed by atoms with van der Waals surface area (Å²) in [5.41, 5.74) is 0.435. The first kappa shape index (κ1) is 24.9. The predicted octanol–water partition coefficient (Wildman–Crippen LogP) is 4.55. The van der Waals surface area contributed by atoms with E-state index in [1.807, 2.05) is 24.3 Å². The fraction of sp³-hybridized carbons (Fsp3) is 0.259. The number of thioether (sulfide) groups is 1. The van der Waals surface area contributed by atoms with Gasteiger partial charge in [-0.05, 0) is 25.5 Å². The molecule has 0 saturated carbocycles. The van der Waals surface area contributed by atoms with Crippen molar-refractivity contribution in [3.63, 3.8) is 0 Å². The Kier molecular flexibility index (Phi) is 6.45. The molecule has 5 rings (SSSR count). The lowest BCUT2D eigenvalue weighted by Gasteiger charge is -2.45. The molecule has 0 fully saturated rings. The lowest BCUT2D eigenvalue weighted by atomic mass is 9.92. The van der Waals surface area contributed by atoms with Gasteiger partial charge in [-0.15, -0.1) is 18.3 Å². The molecule has 0 aliphatic carbocycles. The molecule has 0 unspecified atom stereocenters. The number of pyridine rings is 1. The van der Waals surface area contributed by atoms with Gasteiger partial charge in [0.15, 0.2) is 23.1 Å². The summed E-state index contributed by atoms with van der Waals surface area (Å²) in [6.45, 7) is 7.55. The van der Waals surface area contributed by atoms with E-state index < -0.39 is 40.8 Å². The van der Waals surface area contributed by atoms with Crippen molar-refractivity contribution in [3.05, 3.63) is 99.5 Å². The smallest absolute Gasteiger partial charge is 0.278 e. The number of carbonyl (C=O) groups excluding carboxylic acids is 1. The molecular weight excluding hydrogens is 500 g/mol. The number of aromatic hydroxyl groups is 1. The summed E-state index contributed by atoms with van der Waals surface area (Å²) in [4.78, 5) is 28.1. The molecule has 1 amide bonds. The van der Waals surface area contributed by atoms with Gasteiger partial charge in [-0.25, -0.2) is 8.78 Å². The molecule has 3 heterocycles. The molecule has 0 bridgehead atoms. The van der Waals surface area contributed by atoms with E-state index in [1.165, 1.54) is 33.6 Å². The average molecular weight is 526 g/mol. The number of fused-ring (bicyclic) bond motifs is 3. The van der Waals surface area contributed by atoms with Gasteiger partial charge in [0.2, 0.25) is 5.43 Å². The summed E-state index contributed by atoms with van der Waals surface area (Å²) in [5.74, 6) is -2.86. The van der Waals surface area contributed by atoms with Crippen LogP contribution in [0.15, 0.2) is 64.9 Å². The molecular formula is C27H25F2N3O4S. The lowest BCUT2D eigenvalue weighted by molar-refractivity contribution is 0.0642. The Morgan fingerprint density at radius 3 is 2.76 bits per heavy atom. The maximum absolute atomic E-state index is 15.4. The molecule has 2 atom stereocenters. The predicted molar refractivity (Wildman–Crippen MR) is 137 cm³/mol. The van der Waals surface area contributed by atoms with Gasteiger partial charge in [0.05, 0.1) is 6.61 Å². The molecule has 0 radical (unpaired) electrons. The number of aromatic nitrogens is 1. The van der Waals surface area contributed by atoms with Crippen LogP contribution in [0.25, 0.3) is 0 Å². The highest BCUT2D eigenvalue weighted by molar-refractivity contribution is 7.98. The van der Waals surface area contributed by atoms with Crippen LogP contribution in [0.5, 0.6) is 11.5 Å². The van der Waals surface area contributed by atoms with E-state index in [2.05, 4.69) is 6.58 Å². The zero-order valence-corrected chi connectivity index (χ0v) is 21.1. The fourth-order valence-electron chi connectivity index (χ4n) is 4.84. The molecule has 0 saturated heterocycles. The third kappa shape index (κ3) is 3.96. The van der Waals surface area contributed by atoms with E-state index in [-0.39, 0.29) is 36.0 Å². The second kappa shape index (κ2) is 9.59. The van der Waals surface area contributed by atoms with Crippen LogP contribution in [0.3, 0.4) is 0 Å². The zero-order chi connectivity index (χ0) is 26.4. The summed E-state index contributed by atoms with van der Waals surface area (Å²) < 4.78 is 37.3. The number of nitrogens with zero attached hydrogens (tertiary/aromatic N) is 3. The maximum atomic E-state index is 15.4. The number of ether oxygens (including phenoxy) is 1. The lowest BCUT2D eigenvalue weighted by Crippen LogP contribution is -2.57. The van der Waals surface area contributed by atoms with Gasteiger partial charge in [0, 0.05) is 46.1 Å². The van der Waals surface area contributed by atoms with Gasteiger partial charge in [-0.3, -0.25) is 19.3 Å². The van der Waals surface area contributed by atoms with Crippen LogP contribution in [0.4, 0.5) is 8.78 Å². The number of carbonyl (C=O) groups is 1. The quantitative estimate of drug-likeness (QED) is 0.493. The van der Waals surface area contributed by atoms with E-state index >= 15 is 4.39 Å². The van der Waals surface area contributed by atoms with Crippen molar-refractivity contribution in [3.8, 4) is 11.5 Å². The van der Waals surface area contributed by atoms with Crippen LogP contribution in [0.2, 0.25) is 0 Å². The van der Waals surface area contributed by atoms with E-state index in [0.29, 0.717) is 5.56 Å². The highest BCUT2D eigenvalue weighted by Crippen LogP contribution is 2.47. The number of rotatable bonds is 5. The average Bonchev–Trinajstić information content (AvgIpc) is 3.06. The van der Waals surface area contributed by atoms with Crippen molar-refractivity contribution >= 4 is 17.7 Å². The number of amides is 1. The van der Waals surface area contributed by atoms with Crippen LogP contribution >= 0.6 is 11.8 Å². The first-order chi connectivity index (χ1) is 17.8. The molecule has 1 aromatic heterocycles. The third-order valence-corrected chi connectivity index (χ3v) is 7.82. The second-order valence-electron chi connectivity index (χ2n) is 8.78. The zero-order valence-electron chi connectivity index (χ0n) is 20.3. The molecule has 10 heteroatoms. The summed E-state index contributed by atoms with van der Waals surface area (Å²) in [6.07, 6.45) is 2.99. The highest BCUT2D eigenvalue weighted by atomic mass is 32.2. The number of hydrogen-bond donors (Lipinski definition) is 1. The second-order valence-corrected chi connectivity index (χ2v) is 9.80. The SMILES string of the molecule is C=C[C@H](C)N1CN([C@@H]2c3ccccc3SCc3c(F)c(F)cc(OCC)c32)n2ccc(=O)c(O)c2C1=O. The van der Waals surface area contributed by atoms with Crippen molar-refractivity contribution in [1.29, 1.82) is 0 Å². The molecule has 192 valence electrons. The molecule has 2 aliphatic heterocycles. The van der Waals surface area contributed by atoms with Gasteiger partial charge in [-0.2, -0.15) is 0 Å². The molecule has 37 heavy (non-hydrogen) atoms. The molecule has 3 aromatic rings. The van der Waals surface area contributed by atoms with Crippen molar-refractivity contribution in [1.82, 2.24) is 9.58 Å². The van der Waals surface area contributed by atoms with Gasteiger partial charge in [0.25, 0.3) is 5.91 Å². The molecule has 1 N–H and O–H groups in total. The highest BCUT2D eigenvalue weighted by Gasteiger charge is 2.41. The number of halogens is 2. The molecule has 0 spiro atoms. The first-order valence-corrected chi connectivity index (χ1v) is 12.8. The Morgan fingerprint density at radius 1 is 1.27 bits per heavy atom. The normalized spacial score (nSPS) is 17.4. The third-order valence-electron chi connectivity index (χ3n) is 6.70. The molecule has 2 aromatic carbocycles. The van der Waals surface area contributed by atoms with Crippen LogP contribution < -0.4 is 15.2 Å². The van der Waals surface area contributed by atoms with Crippen LogP contribution in [0, 0.1) is 11.6 Å². The minimum absolute atomic E-state index is 0.00893.